The van der Waals surface area contributed by atoms with E-state index >= 15 is 0 Å². The van der Waals surface area contributed by atoms with Crippen LogP contribution in [0.4, 0.5) is 11.6 Å². The first-order valence-corrected chi connectivity index (χ1v) is 10.1. The standard InChI is InChI=1S/C22H24N6O2/c1-11-19(27-22-25-10-16(9-23)12(2)26-22)17-8-15(21(24)30)6-7-18(17)28(13(3)29)20(11)14-4-5-14/h6-8,10-11,14,19-20H,4-5H2,1-3H3,(H2,24,30)(H,25,26,27)/t11-,19-,20-/m1/s1. The summed E-state index contributed by atoms with van der Waals surface area (Å²) in [4.78, 5) is 35.0. The summed E-state index contributed by atoms with van der Waals surface area (Å²) >= 11 is 0. The average Bonchev–Trinajstić information content (AvgIpc) is 3.54. The monoisotopic (exact) mass is 404 g/mol. The van der Waals surface area contributed by atoms with Crippen molar-refractivity contribution in [2.45, 2.75) is 45.7 Å². The highest BCUT2D eigenvalue weighted by Crippen LogP contribution is 2.50. The Morgan fingerprint density at radius 1 is 1.33 bits per heavy atom. The molecule has 2 aliphatic rings. The molecule has 2 amide bonds. The highest BCUT2D eigenvalue weighted by Gasteiger charge is 2.47. The van der Waals surface area contributed by atoms with E-state index in [1.165, 1.54) is 6.20 Å². The molecular formula is C22H24N6O2. The number of aromatic nitrogens is 2. The molecule has 1 saturated carbocycles. The van der Waals surface area contributed by atoms with Crippen molar-refractivity contribution < 1.29 is 9.59 Å². The zero-order valence-electron chi connectivity index (χ0n) is 17.2. The van der Waals surface area contributed by atoms with Gasteiger partial charge in [0, 0.05) is 30.1 Å². The summed E-state index contributed by atoms with van der Waals surface area (Å²) in [6.07, 6.45) is 3.68. The summed E-state index contributed by atoms with van der Waals surface area (Å²) in [7, 11) is 0. The zero-order valence-corrected chi connectivity index (χ0v) is 17.2. The molecule has 3 atom stereocenters. The van der Waals surface area contributed by atoms with Crippen LogP contribution in [0.5, 0.6) is 0 Å². The van der Waals surface area contributed by atoms with Gasteiger partial charge in [0.1, 0.15) is 6.07 Å². The molecule has 154 valence electrons. The van der Waals surface area contributed by atoms with Crippen LogP contribution in [0.15, 0.2) is 24.4 Å². The van der Waals surface area contributed by atoms with Gasteiger partial charge < -0.3 is 16.0 Å². The molecule has 2 heterocycles. The minimum absolute atomic E-state index is 0.0178. The molecule has 3 N–H and O–H groups in total. The van der Waals surface area contributed by atoms with E-state index in [1.807, 2.05) is 4.90 Å². The Morgan fingerprint density at radius 2 is 2.07 bits per heavy atom. The summed E-state index contributed by atoms with van der Waals surface area (Å²) < 4.78 is 0. The van der Waals surface area contributed by atoms with Crippen molar-refractivity contribution in [2.24, 2.45) is 17.6 Å². The van der Waals surface area contributed by atoms with E-state index in [1.54, 1.807) is 32.0 Å². The maximum Gasteiger partial charge on any atom is 0.248 e. The number of carbonyl (C=O) groups excluding carboxylic acids is 2. The predicted octanol–water partition coefficient (Wildman–Crippen LogP) is 2.69. The number of hydrogen-bond donors (Lipinski definition) is 2. The number of nitrogens with zero attached hydrogens (tertiary/aromatic N) is 4. The topological polar surface area (TPSA) is 125 Å². The lowest BCUT2D eigenvalue weighted by atomic mass is 9.79. The van der Waals surface area contributed by atoms with Gasteiger partial charge in [-0.2, -0.15) is 5.26 Å². The molecule has 1 aliphatic heterocycles. The average molecular weight is 404 g/mol. The second kappa shape index (κ2) is 7.41. The van der Waals surface area contributed by atoms with Crippen molar-refractivity contribution in [3.63, 3.8) is 0 Å². The van der Waals surface area contributed by atoms with Gasteiger partial charge >= 0.3 is 0 Å². The van der Waals surface area contributed by atoms with Crippen molar-refractivity contribution in [3.05, 3.63) is 46.8 Å². The van der Waals surface area contributed by atoms with Crippen LogP contribution in [-0.2, 0) is 4.79 Å². The number of carbonyl (C=O) groups is 2. The lowest BCUT2D eigenvalue weighted by Crippen LogP contribution is -2.51. The number of hydrogen-bond acceptors (Lipinski definition) is 6. The van der Waals surface area contributed by atoms with Crippen LogP contribution in [-0.4, -0.2) is 27.8 Å². The smallest absolute Gasteiger partial charge is 0.248 e. The van der Waals surface area contributed by atoms with Crippen LogP contribution >= 0.6 is 0 Å². The zero-order chi connectivity index (χ0) is 21.6. The fourth-order valence-corrected chi connectivity index (χ4v) is 4.50. The van der Waals surface area contributed by atoms with Crippen LogP contribution in [0.1, 0.15) is 59.9 Å². The Labute approximate surface area is 175 Å². The predicted molar refractivity (Wildman–Crippen MR) is 112 cm³/mol. The van der Waals surface area contributed by atoms with E-state index in [0.29, 0.717) is 28.7 Å². The number of benzene rings is 1. The lowest BCUT2D eigenvalue weighted by Gasteiger charge is -2.45. The van der Waals surface area contributed by atoms with Crippen LogP contribution in [0, 0.1) is 30.1 Å². The summed E-state index contributed by atoms with van der Waals surface area (Å²) in [6, 6.07) is 7.12. The van der Waals surface area contributed by atoms with E-state index in [2.05, 4.69) is 28.3 Å². The van der Waals surface area contributed by atoms with Gasteiger partial charge in [0.25, 0.3) is 0 Å². The third-order valence-corrected chi connectivity index (χ3v) is 6.10. The van der Waals surface area contributed by atoms with Gasteiger partial charge in [-0.1, -0.05) is 6.92 Å². The molecule has 0 saturated heterocycles. The number of nitrogens with two attached hydrogens (primary N) is 1. The van der Waals surface area contributed by atoms with Crippen LogP contribution in [0.2, 0.25) is 0 Å². The maximum atomic E-state index is 12.6. The Hall–Kier alpha value is -3.47. The van der Waals surface area contributed by atoms with Crippen molar-refractivity contribution in [3.8, 4) is 6.07 Å². The SMILES string of the molecule is CC(=O)N1c2ccc(C(N)=O)cc2[C@H](Nc2ncc(C#N)c(C)n2)[C@@H](C)[C@@H]1C1CC1. The number of aryl methyl sites for hydroxylation is 1. The number of nitrogens with one attached hydrogen (secondary N) is 1. The number of rotatable bonds is 4. The van der Waals surface area contributed by atoms with Crippen molar-refractivity contribution >= 4 is 23.5 Å². The highest BCUT2D eigenvalue weighted by atomic mass is 16.2. The molecule has 0 radical (unpaired) electrons. The van der Waals surface area contributed by atoms with Crippen LogP contribution < -0.4 is 16.0 Å². The number of amides is 2. The molecule has 8 heteroatoms. The van der Waals surface area contributed by atoms with Gasteiger partial charge in [-0.25, -0.2) is 9.97 Å². The fraction of sp³-hybridized carbons (Fsp3) is 0.409. The lowest BCUT2D eigenvalue weighted by molar-refractivity contribution is -0.117. The third kappa shape index (κ3) is 3.36. The van der Waals surface area contributed by atoms with Gasteiger partial charge in [-0.15, -0.1) is 0 Å². The molecule has 1 aromatic carbocycles. The van der Waals surface area contributed by atoms with Gasteiger partial charge in [0.15, 0.2) is 0 Å². The van der Waals surface area contributed by atoms with Gasteiger partial charge in [0.05, 0.1) is 23.5 Å². The fourth-order valence-electron chi connectivity index (χ4n) is 4.50. The number of primary amides is 1. The molecule has 30 heavy (non-hydrogen) atoms. The van der Waals surface area contributed by atoms with Gasteiger partial charge in [0.2, 0.25) is 17.8 Å². The van der Waals surface area contributed by atoms with Crippen LogP contribution in [0.3, 0.4) is 0 Å². The molecule has 1 aliphatic carbocycles. The number of fused-ring (bicyclic) bond motifs is 1. The Morgan fingerprint density at radius 3 is 2.63 bits per heavy atom. The van der Waals surface area contributed by atoms with Crippen molar-refractivity contribution in [1.82, 2.24) is 9.97 Å². The Bertz CT molecular complexity index is 1070. The summed E-state index contributed by atoms with van der Waals surface area (Å²) in [5, 5.41) is 12.5. The van der Waals surface area contributed by atoms with Gasteiger partial charge in [-0.05, 0) is 49.4 Å². The van der Waals surface area contributed by atoms with Crippen molar-refractivity contribution in [2.75, 3.05) is 10.2 Å². The summed E-state index contributed by atoms with van der Waals surface area (Å²) in [6.45, 7) is 5.45. The van der Waals surface area contributed by atoms with Crippen molar-refractivity contribution in [1.29, 1.82) is 5.26 Å². The largest absolute Gasteiger partial charge is 0.366 e. The molecular weight excluding hydrogens is 380 g/mol. The minimum atomic E-state index is -0.520. The highest BCUT2D eigenvalue weighted by molar-refractivity contribution is 5.97. The van der Waals surface area contributed by atoms with E-state index in [4.69, 9.17) is 11.0 Å². The second-order valence-corrected chi connectivity index (χ2v) is 8.14. The quantitative estimate of drug-likeness (QED) is 0.807. The van der Waals surface area contributed by atoms with E-state index in [9.17, 15) is 9.59 Å². The van der Waals surface area contributed by atoms with Gasteiger partial charge in [-0.3, -0.25) is 9.59 Å². The normalized spacial score (nSPS) is 22.7. The molecule has 4 rings (SSSR count). The molecule has 0 unspecified atom stereocenters. The van der Waals surface area contributed by atoms with Crippen LogP contribution in [0.25, 0.3) is 0 Å². The second-order valence-electron chi connectivity index (χ2n) is 8.14. The molecule has 8 nitrogen and oxygen atoms in total. The molecule has 0 spiro atoms. The molecule has 0 bridgehead atoms. The first-order valence-electron chi connectivity index (χ1n) is 10.1. The molecule has 2 aromatic rings. The molecule has 1 aromatic heterocycles. The Kier molecular flexibility index (Phi) is 4.90. The van der Waals surface area contributed by atoms with E-state index < -0.39 is 5.91 Å². The summed E-state index contributed by atoms with van der Waals surface area (Å²) in [5.74, 6) is 0.367. The van der Waals surface area contributed by atoms with E-state index in [0.717, 1.165) is 24.1 Å². The number of nitriles is 1. The maximum absolute atomic E-state index is 12.6. The summed E-state index contributed by atoms with van der Waals surface area (Å²) in [5.41, 5.74) is 8.52. The first kappa shape index (κ1) is 19.8. The third-order valence-electron chi connectivity index (χ3n) is 6.10. The minimum Gasteiger partial charge on any atom is -0.366 e. The first-order chi connectivity index (χ1) is 14.3. The number of anilines is 2. The Balaban J connectivity index is 1.82. The van der Waals surface area contributed by atoms with E-state index in [-0.39, 0.29) is 23.9 Å². The molecule has 1 fully saturated rings.